The summed E-state index contributed by atoms with van der Waals surface area (Å²) < 4.78 is 7.33. The quantitative estimate of drug-likeness (QED) is 0.784. The van der Waals surface area contributed by atoms with Crippen LogP contribution in [0.1, 0.15) is 0 Å². The number of nitrogens with zero attached hydrogens (tertiary/aromatic N) is 2. The third-order valence-corrected chi connectivity index (χ3v) is 2.10. The van der Waals surface area contributed by atoms with Crippen LogP contribution in [0.15, 0.2) is 24.4 Å². The topological polar surface area (TPSA) is 53.1 Å². The molecule has 2 rings (SSSR count). The molecule has 2 aromatic rings. The minimum absolute atomic E-state index is 0.522. The van der Waals surface area contributed by atoms with Gasteiger partial charge in [0.25, 0.3) is 0 Å². The van der Waals surface area contributed by atoms with Crippen LogP contribution < -0.4 is 10.5 Å². The number of aromatic nitrogens is 2. The molecule has 0 aliphatic rings. The number of fused-ring (bicyclic) bond motifs is 1. The molecule has 0 amide bonds. The molecule has 1 aromatic carbocycles. The van der Waals surface area contributed by atoms with Crippen molar-refractivity contribution in [3.8, 4) is 5.75 Å². The van der Waals surface area contributed by atoms with Crippen LogP contribution in [0.3, 0.4) is 0 Å². The normalized spacial score (nSPS) is 10.7. The predicted octanol–water partition coefficient (Wildman–Crippen LogP) is 0.911. The maximum atomic E-state index is 5.52. The van der Waals surface area contributed by atoms with E-state index in [-0.39, 0.29) is 0 Å². The molecule has 0 spiro atoms. The van der Waals surface area contributed by atoms with Crippen molar-refractivity contribution in [3.63, 3.8) is 0 Å². The second kappa shape index (κ2) is 3.67. The molecule has 4 nitrogen and oxygen atoms in total. The molecule has 0 unspecified atom stereocenters. The Hall–Kier alpha value is -1.55. The van der Waals surface area contributed by atoms with E-state index >= 15 is 0 Å². The zero-order chi connectivity index (χ0) is 9.97. The molecule has 4 heteroatoms. The van der Waals surface area contributed by atoms with Crippen LogP contribution in [0.2, 0.25) is 0 Å². The van der Waals surface area contributed by atoms with Crippen LogP contribution in [0.5, 0.6) is 5.75 Å². The first-order valence-electron chi connectivity index (χ1n) is 4.56. The van der Waals surface area contributed by atoms with Crippen LogP contribution in [-0.2, 0) is 7.05 Å². The van der Waals surface area contributed by atoms with Crippen LogP contribution in [0.4, 0.5) is 0 Å². The second-order valence-electron chi connectivity index (χ2n) is 3.10. The van der Waals surface area contributed by atoms with Crippen molar-refractivity contribution in [1.29, 1.82) is 0 Å². The van der Waals surface area contributed by atoms with Crippen LogP contribution >= 0.6 is 0 Å². The maximum absolute atomic E-state index is 5.52. The number of ether oxygens (including phenoxy) is 1. The molecule has 2 N–H and O–H groups in total. The monoisotopic (exact) mass is 191 g/mol. The zero-order valence-corrected chi connectivity index (χ0v) is 8.10. The van der Waals surface area contributed by atoms with Crippen molar-refractivity contribution < 1.29 is 4.74 Å². The highest BCUT2D eigenvalue weighted by molar-refractivity contribution is 5.84. The van der Waals surface area contributed by atoms with Crippen LogP contribution in [0.25, 0.3) is 10.9 Å². The lowest BCUT2D eigenvalue weighted by Gasteiger charge is -2.06. The summed E-state index contributed by atoms with van der Waals surface area (Å²) in [5.74, 6) is 0.841. The SMILES string of the molecule is Cn1ncc2cccc(OCCN)c21. The highest BCUT2D eigenvalue weighted by Gasteiger charge is 2.05. The van der Waals surface area contributed by atoms with E-state index < -0.39 is 0 Å². The van der Waals surface area contributed by atoms with Gasteiger partial charge in [-0.05, 0) is 6.07 Å². The Morgan fingerprint density at radius 2 is 2.36 bits per heavy atom. The minimum atomic E-state index is 0.522. The first-order valence-corrected chi connectivity index (χ1v) is 4.56. The van der Waals surface area contributed by atoms with Crippen LogP contribution in [0, 0.1) is 0 Å². The number of hydrogen-bond donors (Lipinski definition) is 1. The Bertz CT molecular complexity index is 436. The molecular weight excluding hydrogens is 178 g/mol. The second-order valence-corrected chi connectivity index (χ2v) is 3.10. The first-order chi connectivity index (χ1) is 6.83. The van der Waals surface area contributed by atoms with Gasteiger partial charge in [-0.3, -0.25) is 4.68 Å². The van der Waals surface area contributed by atoms with Gasteiger partial charge < -0.3 is 10.5 Å². The van der Waals surface area contributed by atoms with Gasteiger partial charge in [0.1, 0.15) is 17.9 Å². The van der Waals surface area contributed by atoms with E-state index in [9.17, 15) is 0 Å². The molecule has 0 atom stereocenters. The van der Waals surface area contributed by atoms with Gasteiger partial charge in [-0.2, -0.15) is 5.10 Å². The van der Waals surface area contributed by atoms with E-state index in [1.807, 2.05) is 31.4 Å². The molecule has 74 valence electrons. The Morgan fingerprint density at radius 1 is 1.50 bits per heavy atom. The van der Waals surface area contributed by atoms with Gasteiger partial charge in [0.05, 0.1) is 6.20 Å². The van der Waals surface area contributed by atoms with E-state index in [1.54, 1.807) is 4.68 Å². The summed E-state index contributed by atoms with van der Waals surface area (Å²) in [6.45, 7) is 1.05. The van der Waals surface area contributed by atoms with Crippen molar-refractivity contribution in [2.45, 2.75) is 0 Å². The van der Waals surface area contributed by atoms with Crippen molar-refractivity contribution in [3.05, 3.63) is 24.4 Å². The molecule has 0 radical (unpaired) electrons. The van der Waals surface area contributed by atoms with E-state index in [0.717, 1.165) is 16.7 Å². The van der Waals surface area contributed by atoms with E-state index in [0.29, 0.717) is 13.2 Å². The third kappa shape index (κ3) is 1.44. The van der Waals surface area contributed by atoms with Crippen LogP contribution in [-0.4, -0.2) is 22.9 Å². The molecular formula is C10H13N3O. The minimum Gasteiger partial charge on any atom is -0.490 e. The Kier molecular flexibility index (Phi) is 2.37. The highest BCUT2D eigenvalue weighted by atomic mass is 16.5. The smallest absolute Gasteiger partial charge is 0.145 e. The van der Waals surface area contributed by atoms with E-state index in [4.69, 9.17) is 10.5 Å². The number of rotatable bonds is 3. The van der Waals surface area contributed by atoms with Gasteiger partial charge in [0, 0.05) is 19.0 Å². The Labute approximate surface area is 82.3 Å². The molecule has 0 aliphatic heterocycles. The number of aryl methyl sites for hydroxylation is 1. The zero-order valence-electron chi connectivity index (χ0n) is 8.10. The van der Waals surface area contributed by atoms with Crippen molar-refractivity contribution in [1.82, 2.24) is 9.78 Å². The molecule has 14 heavy (non-hydrogen) atoms. The maximum Gasteiger partial charge on any atom is 0.145 e. The summed E-state index contributed by atoms with van der Waals surface area (Å²) >= 11 is 0. The van der Waals surface area contributed by atoms with Gasteiger partial charge in [-0.1, -0.05) is 12.1 Å². The summed E-state index contributed by atoms with van der Waals surface area (Å²) in [4.78, 5) is 0. The average molecular weight is 191 g/mol. The van der Waals surface area contributed by atoms with Gasteiger partial charge in [-0.15, -0.1) is 0 Å². The molecule has 0 saturated heterocycles. The fourth-order valence-corrected chi connectivity index (χ4v) is 1.48. The number of hydrogen-bond acceptors (Lipinski definition) is 3. The number of benzene rings is 1. The van der Waals surface area contributed by atoms with Gasteiger partial charge in [-0.25, -0.2) is 0 Å². The lowest BCUT2D eigenvalue weighted by molar-refractivity contribution is 0.330. The van der Waals surface area contributed by atoms with E-state index in [2.05, 4.69) is 5.10 Å². The van der Waals surface area contributed by atoms with Gasteiger partial charge in [0.2, 0.25) is 0 Å². The fourth-order valence-electron chi connectivity index (χ4n) is 1.48. The molecule has 0 aliphatic carbocycles. The lowest BCUT2D eigenvalue weighted by atomic mass is 10.2. The molecule has 0 bridgehead atoms. The fraction of sp³-hybridized carbons (Fsp3) is 0.300. The largest absolute Gasteiger partial charge is 0.490 e. The first kappa shape index (κ1) is 9.02. The van der Waals surface area contributed by atoms with Gasteiger partial charge >= 0.3 is 0 Å². The highest BCUT2D eigenvalue weighted by Crippen LogP contribution is 2.24. The van der Waals surface area contributed by atoms with Gasteiger partial charge in [0.15, 0.2) is 0 Å². The standard InChI is InChI=1S/C10H13N3O/c1-13-10-8(7-12-13)3-2-4-9(10)14-6-5-11/h2-4,7H,5-6,11H2,1H3. The molecule has 1 aromatic heterocycles. The Morgan fingerprint density at radius 3 is 3.14 bits per heavy atom. The number of nitrogens with two attached hydrogens (primary N) is 1. The Balaban J connectivity index is 2.46. The van der Waals surface area contributed by atoms with E-state index in [1.165, 1.54) is 0 Å². The average Bonchev–Trinajstić information content (AvgIpc) is 2.58. The number of para-hydroxylation sites is 1. The summed E-state index contributed by atoms with van der Waals surface area (Å²) in [6.07, 6.45) is 1.82. The summed E-state index contributed by atoms with van der Waals surface area (Å²) in [5, 5.41) is 5.26. The molecule has 0 saturated carbocycles. The third-order valence-electron chi connectivity index (χ3n) is 2.10. The summed E-state index contributed by atoms with van der Waals surface area (Å²) in [7, 11) is 1.90. The van der Waals surface area contributed by atoms with Crippen molar-refractivity contribution in [2.75, 3.05) is 13.2 Å². The van der Waals surface area contributed by atoms with Crippen molar-refractivity contribution >= 4 is 10.9 Å². The summed E-state index contributed by atoms with van der Waals surface area (Å²) in [6, 6.07) is 5.90. The molecule has 1 heterocycles. The summed E-state index contributed by atoms with van der Waals surface area (Å²) in [5.41, 5.74) is 6.40. The molecule has 0 fully saturated rings. The predicted molar refractivity (Wildman–Crippen MR) is 55.3 cm³/mol. The lowest BCUT2D eigenvalue weighted by Crippen LogP contribution is -2.11. The van der Waals surface area contributed by atoms with Crippen molar-refractivity contribution in [2.24, 2.45) is 12.8 Å².